The molecular formula is C13H20N8O. The van der Waals surface area contributed by atoms with Gasteiger partial charge in [0.25, 0.3) is 0 Å². The van der Waals surface area contributed by atoms with E-state index >= 15 is 0 Å². The Morgan fingerprint density at radius 3 is 2.82 bits per heavy atom. The zero-order valence-corrected chi connectivity index (χ0v) is 12.7. The molecule has 118 valence electrons. The van der Waals surface area contributed by atoms with Gasteiger partial charge in [-0.2, -0.15) is 0 Å². The number of aryl methyl sites for hydroxylation is 1. The Kier molecular flexibility index (Phi) is 4.03. The summed E-state index contributed by atoms with van der Waals surface area (Å²) in [4.78, 5) is 12.0. The average Bonchev–Trinajstić information content (AvgIpc) is 3.17. The van der Waals surface area contributed by atoms with Gasteiger partial charge >= 0.3 is 6.03 Å². The van der Waals surface area contributed by atoms with Crippen LogP contribution in [0.1, 0.15) is 50.5 Å². The molecule has 1 aliphatic carbocycles. The van der Waals surface area contributed by atoms with Crippen molar-refractivity contribution < 1.29 is 4.79 Å². The highest BCUT2D eigenvalue weighted by molar-refractivity contribution is 5.88. The molecule has 22 heavy (non-hydrogen) atoms. The Hall–Kier alpha value is -2.45. The molecule has 0 unspecified atom stereocenters. The van der Waals surface area contributed by atoms with Gasteiger partial charge in [-0.05, 0) is 19.8 Å². The van der Waals surface area contributed by atoms with Crippen LogP contribution in [0.15, 0.2) is 12.5 Å². The maximum Gasteiger partial charge on any atom is 0.321 e. The number of urea groups is 1. The van der Waals surface area contributed by atoms with Gasteiger partial charge in [0.1, 0.15) is 6.33 Å². The first kappa shape index (κ1) is 14.5. The van der Waals surface area contributed by atoms with Gasteiger partial charge in [0.05, 0.1) is 12.2 Å². The van der Waals surface area contributed by atoms with Crippen LogP contribution >= 0.6 is 0 Å². The predicted molar refractivity (Wildman–Crippen MR) is 79.1 cm³/mol. The van der Waals surface area contributed by atoms with Crippen LogP contribution in [0.2, 0.25) is 0 Å². The van der Waals surface area contributed by atoms with Gasteiger partial charge in [-0.15, -0.1) is 15.3 Å². The number of hydrogen-bond acceptors (Lipinski definition) is 5. The van der Waals surface area contributed by atoms with Crippen molar-refractivity contribution in [1.82, 2.24) is 35.1 Å². The summed E-state index contributed by atoms with van der Waals surface area (Å²) >= 11 is 0. The summed E-state index contributed by atoms with van der Waals surface area (Å²) < 4.78 is 3.61. The molecule has 2 aromatic heterocycles. The standard InChI is InChI=1S/C13H20N8O/c1-9(15-13(22)16-11-7-20(2)19-17-11)12-18-14-8-21(12)10-5-3-4-6-10/h7-10H,3-6H2,1-2H3,(H2,15,16,22)/t9-/m1/s1. The first-order valence-electron chi connectivity index (χ1n) is 7.46. The highest BCUT2D eigenvalue weighted by Crippen LogP contribution is 2.31. The third-order valence-corrected chi connectivity index (χ3v) is 3.90. The first-order chi connectivity index (χ1) is 10.6. The SMILES string of the molecule is C[C@@H](NC(=O)Nc1cn(C)nn1)c1nncn1C1CCCC1. The minimum absolute atomic E-state index is 0.236. The van der Waals surface area contributed by atoms with Crippen LogP contribution in [0.5, 0.6) is 0 Å². The van der Waals surface area contributed by atoms with Crippen LogP contribution in [-0.2, 0) is 7.05 Å². The third kappa shape index (κ3) is 3.07. The van der Waals surface area contributed by atoms with E-state index in [4.69, 9.17) is 0 Å². The van der Waals surface area contributed by atoms with E-state index in [1.54, 1.807) is 19.6 Å². The van der Waals surface area contributed by atoms with Crippen LogP contribution in [0.4, 0.5) is 10.6 Å². The summed E-state index contributed by atoms with van der Waals surface area (Å²) in [6.45, 7) is 1.89. The fourth-order valence-corrected chi connectivity index (χ4v) is 2.84. The zero-order chi connectivity index (χ0) is 15.5. The van der Waals surface area contributed by atoms with E-state index in [0.717, 1.165) is 18.7 Å². The molecular weight excluding hydrogens is 284 g/mol. The molecule has 1 fully saturated rings. The number of nitrogens with zero attached hydrogens (tertiary/aromatic N) is 6. The van der Waals surface area contributed by atoms with Crippen molar-refractivity contribution in [2.45, 2.75) is 44.7 Å². The Balaban J connectivity index is 1.63. The van der Waals surface area contributed by atoms with Gasteiger partial charge in [-0.1, -0.05) is 18.1 Å². The lowest BCUT2D eigenvalue weighted by molar-refractivity contribution is 0.248. The van der Waals surface area contributed by atoms with Crippen molar-refractivity contribution in [2.75, 3.05) is 5.32 Å². The van der Waals surface area contributed by atoms with E-state index in [-0.39, 0.29) is 12.1 Å². The number of amides is 2. The lowest BCUT2D eigenvalue weighted by Crippen LogP contribution is -2.33. The fraction of sp³-hybridized carbons (Fsp3) is 0.615. The van der Waals surface area contributed by atoms with Crippen molar-refractivity contribution in [3.8, 4) is 0 Å². The summed E-state index contributed by atoms with van der Waals surface area (Å²) in [5, 5.41) is 21.2. The molecule has 0 spiro atoms. The van der Waals surface area contributed by atoms with Crippen molar-refractivity contribution in [1.29, 1.82) is 0 Å². The minimum atomic E-state index is -0.339. The Morgan fingerprint density at radius 1 is 1.36 bits per heavy atom. The van der Waals surface area contributed by atoms with Gasteiger partial charge in [0.2, 0.25) is 0 Å². The van der Waals surface area contributed by atoms with Gasteiger partial charge in [-0.3, -0.25) is 10.00 Å². The second-order valence-electron chi connectivity index (χ2n) is 5.63. The van der Waals surface area contributed by atoms with E-state index in [1.165, 1.54) is 17.5 Å². The summed E-state index contributed by atoms with van der Waals surface area (Å²) in [6.07, 6.45) is 8.14. The van der Waals surface area contributed by atoms with Crippen LogP contribution in [0.3, 0.4) is 0 Å². The summed E-state index contributed by atoms with van der Waals surface area (Å²) in [6, 6.07) is -0.133. The minimum Gasteiger partial charge on any atom is -0.328 e. The van der Waals surface area contributed by atoms with Crippen LogP contribution in [0, 0.1) is 0 Å². The number of aromatic nitrogens is 6. The molecule has 0 aliphatic heterocycles. The largest absolute Gasteiger partial charge is 0.328 e. The molecule has 2 heterocycles. The maximum absolute atomic E-state index is 12.0. The molecule has 1 atom stereocenters. The number of nitrogens with one attached hydrogen (secondary N) is 2. The number of rotatable bonds is 4. The van der Waals surface area contributed by atoms with E-state index < -0.39 is 0 Å². The second-order valence-corrected chi connectivity index (χ2v) is 5.63. The van der Waals surface area contributed by atoms with Gasteiger partial charge in [0, 0.05) is 13.1 Å². The number of hydrogen-bond donors (Lipinski definition) is 2. The Morgan fingerprint density at radius 2 is 2.14 bits per heavy atom. The van der Waals surface area contributed by atoms with Gasteiger partial charge in [-0.25, -0.2) is 4.79 Å². The van der Waals surface area contributed by atoms with Crippen molar-refractivity contribution in [2.24, 2.45) is 7.05 Å². The van der Waals surface area contributed by atoms with E-state index in [0.29, 0.717) is 11.9 Å². The van der Waals surface area contributed by atoms with Crippen molar-refractivity contribution in [3.05, 3.63) is 18.3 Å². The number of anilines is 1. The molecule has 0 radical (unpaired) electrons. The van der Waals surface area contributed by atoms with Crippen molar-refractivity contribution >= 4 is 11.8 Å². The van der Waals surface area contributed by atoms with E-state index in [1.807, 2.05) is 6.92 Å². The maximum atomic E-state index is 12.0. The quantitative estimate of drug-likeness (QED) is 0.889. The fourth-order valence-electron chi connectivity index (χ4n) is 2.84. The summed E-state index contributed by atoms with van der Waals surface area (Å²) in [7, 11) is 1.74. The second kappa shape index (κ2) is 6.12. The van der Waals surface area contributed by atoms with E-state index in [2.05, 4.69) is 35.7 Å². The van der Waals surface area contributed by atoms with Crippen molar-refractivity contribution in [3.63, 3.8) is 0 Å². The lowest BCUT2D eigenvalue weighted by atomic mass is 10.2. The molecule has 0 aromatic carbocycles. The van der Waals surface area contributed by atoms with E-state index in [9.17, 15) is 4.79 Å². The van der Waals surface area contributed by atoms with Crippen LogP contribution in [-0.4, -0.2) is 35.8 Å². The van der Waals surface area contributed by atoms with Gasteiger partial charge < -0.3 is 9.88 Å². The normalized spacial score (nSPS) is 16.6. The van der Waals surface area contributed by atoms with Gasteiger partial charge in [0.15, 0.2) is 11.6 Å². The summed E-state index contributed by atoms with van der Waals surface area (Å²) in [5.41, 5.74) is 0. The molecule has 9 nitrogen and oxygen atoms in total. The first-order valence-corrected chi connectivity index (χ1v) is 7.46. The Bertz CT molecular complexity index is 642. The smallest absolute Gasteiger partial charge is 0.321 e. The topological polar surface area (TPSA) is 103 Å². The molecule has 9 heteroatoms. The average molecular weight is 304 g/mol. The molecule has 2 aromatic rings. The highest BCUT2D eigenvalue weighted by Gasteiger charge is 2.23. The number of carbonyl (C=O) groups excluding carboxylic acids is 1. The lowest BCUT2D eigenvalue weighted by Gasteiger charge is -2.18. The Labute approximate surface area is 128 Å². The molecule has 0 saturated heterocycles. The third-order valence-electron chi connectivity index (χ3n) is 3.90. The highest BCUT2D eigenvalue weighted by atomic mass is 16.2. The monoisotopic (exact) mass is 304 g/mol. The predicted octanol–water partition coefficient (Wildman–Crippen LogP) is 1.40. The molecule has 3 rings (SSSR count). The molecule has 2 amide bonds. The molecule has 0 bridgehead atoms. The molecule has 1 aliphatic rings. The zero-order valence-electron chi connectivity index (χ0n) is 12.7. The van der Waals surface area contributed by atoms with Crippen LogP contribution in [0.25, 0.3) is 0 Å². The summed E-state index contributed by atoms with van der Waals surface area (Å²) in [5.74, 6) is 1.19. The molecule has 1 saturated carbocycles. The molecule has 2 N–H and O–H groups in total. The number of carbonyl (C=O) groups is 1. The van der Waals surface area contributed by atoms with Crippen LogP contribution < -0.4 is 10.6 Å².